The van der Waals surface area contributed by atoms with Crippen molar-refractivity contribution < 1.29 is 13.6 Å². The van der Waals surface area contributed by atoms with Crippen LogP contribution in [0, 0.1) is 17.6 Å². The number of urea groups is 1. The number of carbonyl (C=O) groups excluding carboxylic acids is 1. The number of fused-ring (bicyclic) bond motifs is 1. The Bertz CT molecular complexity index is 796. The van der Waals surface area contributed by atoms with Crippen LogP contribution in [0.15, 0.2) is 48.5 Å². The third-order valence-electron chi connectivity index (χ3n) is 5.61. The highest BCUT2D eigenvalue weighted by molar-refractivity contribution is 5.91. The van der Waals surface area contributed by atoms with E-state index in [1.807, 2.05) is 23.1 Å². The molecule has 1 aliphatic carbocycles. The molecule has 1 heterocycles. The predicted octanol–water partition coefficient (Wildman–Crippen LogP) is 4.90. The van der Waals surface area contributed by atoms with Gasteiger partial charge in [0.2, 0.25) is 0 Å². The van der Waals surface area contributed by atoms with Gasteiger partial charge >= 0.3 is 6.03 Å². The van der Waals surface area contributed by atoms with Gasteiger partial charge in [0.25, 0.3) is 0 Å². The maximum Gasteiger partial charge on any atom is 0.322 e. The Morgan fingerprint density at radius 1 is 1.12 bits per heavy atom. The van der Waals surface area contributed by atoms with Crippen molar-refractivity contribution in [3.8, 4) is 0 Å². The van der Waals surface area contributed by atoms with Gasteiger partial charge in [-0.15, -0.1) is 0 Å². The van der Waals surface area contributed by atoms with Crippen molar-refractivity contribution in [2.45, 2.75) is 31.2 Å². The minimum absolute atomic E-state index is 0.00821. The number of amides is 2. The minimum Gasteiger partial charge on any atom is -0.314 e. The number of likely N-dealkylation sites (tertiary alicyclic amines) is 1. The number of halogens is 2. The zero-order chi connectivity index (χ0) is 17.4. The molecule has 2 aromatic carbocycles. The summed E-state index contributed by atoms with van der Waals surface area (Å²) in [4.78, 5) is 14.6. The monoisotopic (exact) mass is 342 g/mol. The second-order valence-electron chi connectivity index (χ2n) is 6.90. The summed E-state index contributed by atoms with van der Waals surface area (Å²) in [5.74, 6) is -0.983. The van der Waals surface area contributed by atoms with Gasteiger partial charge in [0.15, 0.2) is 0 Å². The fourth-order valence-corrected chi connectivity index (χ4v) is 4.40. The van der Waals surface area contributed by atoms with Crippen LogP contribution in [0.2, 0.25) is 0 Å². The molecular weight excluding hydrogens is 322 g/mol. The number of rotatable bonds is 2. The zero-order valence-corrected chi connectivity index (χ0v) is 13.8. The van der Waals surface area contributed by atoms with Crippen LogP contribution < -0.4 is 5.32 Å². The summed E-state index contributed by atoms with van der Waals surface area (Å²) in [6.45, 7) is 0.670. The topological polar surface area (TPSA) is 32.3 Å². The van der Waals surface area contributed by atoms with Gasteiger partial charge in [-0.05, 0) is 30.5 Å². The van der Waals surface area contributed by atoms with Gasteiger partial charge in [0.05, 0.1) is 11.2 Å². The van der Waals surface area contributed by atoms with E-state index in [9.17, 15) is 13.6 Å². The smallest absolute Gasteiger partial charge is 0.314 e. The molecule has 0 radical (unpaired) electrons. The molecule has 3 nitrogen and oxygen atoms in total. The molecule has 2 aromatic rings. The largest absolute Gasteiger partial charge is 0.322 e. The van der Waals surface area contributed by atoms with Crippen molar-refractivity contribution in [1.82, 2.24) is 4.90 Å². The van der Waals surface area contributed by atoms with Gasteiger partial charge in [-0.3, -0.25) is 0 Å². The van der Waals surface area contributed by atoms with Gasteiger partial charge in [-0.1, -0.05) is 43.2 Å². The van der Waals surface area contributed by atoms with Crippen LogP contribution in [-0.4, -0.2) is 17.5 Å². The van der Waals surface area contributed by atoms with Crippen molar-refractivity contribution in [3.05, 3.63) is 65.7 Å². The van der Waals surface area contributed by atoms with E-state index in [-0.39, 0.29) is 17.3 Å². The van der Waals surface area contributed by atoms with Crippen molar-refractivity contribution in [2.75, 3.05) is 11.9 Å². The molecule has 130 valence electrons. The molecule has 1 aliphatic heterocycles. The number of hydrogen-bond acceptors (Lipinski definition) is 1. The molecule has 0 spiro atoms. The molecule has 5 heteroatoms. The normalized spacial score (nSPS) is 25.0. The van der Waals surface area contributed by atoms with E-state index in [2.05, 4.69) is 17.4 Å². The molecule has 1 saturated carbocycles. The molecule has 1 N–H and O–H groups in total. The summed E-state index contributed by atoms with van der Waals surface area (Å²) in [6, 6.07) is 12.9. The maximum absolute atomic E-state index is 13.9. The van der Waals surface area contributed by atoms with Crippen molar-refractivity contribution in [1.29, 1.82) is 0 Å². The Kier molecular flexibility index (Phi) is 3.94. The molecule has 0 unspecified atom stereocenters. The van der Waals surface area contributed by atoms with E-state index in [0.29, 0.717) is 12.5 Å². The first-order chi connectivity index (χ1) is 12.1. The lowest BCUT2D eigenvalue weighted by Crippen LogP contribution is -2.68. The molecule has 25 heavy (non-hydrogen) atoms. The first-order valence-electron chi connectivity index (χ1n) is 8.70. The van der Waals surface area contributed by atoms with Crippen molar-refractivity contribution >= 4 is 11.7 Å². The minimum atomic E-state index is -0.761. The lowest BCUT2D eigenvalue weighted by atomic mass is 9.62. The zero-order valence-electron chi connectivity index (χ0n) is 13.8. The van der Waals surface area contributed by atoms with E-state index in [4.69, 9.17) is 0 Å². The maximum atomic E-state index is 13.9. The van der Waals surface area contributed by atoms with Gasteiger partial charge in [0, 0.05) is 18.5 Å². The van der Waals surface area contributed by atoms with Gasteiger partial charge in [0.1, 0.15) is 11.6 Å². The highest BCUT2D eigenvalue weighted by Crippen LogP contribution is 2.53. The van der Waals surface area contributed by atoms with Crippen LogP contribution in [-0.2, 0) is 5.54 Å². The van der Waals surface area contributed by atoms with E-state index in [0.717, 1.165) is 37.0 Å². The first-order valence-corrected chi connectivity index (χ1v) is 8.70. The van der Waals surface area contributed by atoms with Crippen LogP contribution in [0.5, 0.6) is 0 Å². The summed E-state index contributed by atoms with van der Waals surface area (Å²) < 4.78 is 26.9. The fraction of sp³-hybridized carbons (Fsp3) is 0.350. The van der Waals surface area contributed by atoms with Gasteiger partial charge in [-0.2, -0.15) is 0 Å². The molecular formula is C20H20F2N2O. The van der Waals surface area contributed by atoms with Gasteiger partial charge < -0.3 is 10.2 Å². The Morgan fingerprint density at radius 3 is 2.64 bits per heavy atom. The van der Waals surface area contributed by atoms with Gasteiger partial charge in [-0.25, -0.2) is 13.6 Å². The summed E-state index contributed by atoms with van der Waals surface area (Å²) in [7, 11) is 0. The Balaban J connectivity index is 1.62. The average Bonchev–Trinajstić information content (AvgIpc) is 2.59. The summed E-state index contributed by atoms with van der Waals surface area (Å²) in [5.41, 5.74) is 0.842. The molecule has 2 atom stereocenters. The number of hydrogen-bond donors (Lipinski definition) is 1. The number of nitrogens with zero attached hydrogens (tertiary/aromatic N) is 1. The molecule has 0 bridgehead atoms. The fourth-order valence-electron chi connectivity index (χ4n) is 4.40. The third-order valence-corrected chi connectivity index (χ3v) is 5.61. The average molecular weight is 342 g/mol. The first kappa shape index (κ1) is 16.1. The molecule has 1 saturated heterocycles. The van der Waals surface area contributed by atoms with Crippen LogP contribution in [0.3, 0.4) is 0 Å². The number of anilines is 1. The highest BCUT2D eigenvalue weighted by atomic mass is 19.1. The lowest BCUT2D eigenvalue weighted by Gasteiger charge is -2.61. The molecule has 4 rings (SSSR count). The van der Waals surface area contributed by atoms with Crippen LogP contribution >= 0.6 is 0 Å². The molecule has 0 aromatic heterocycles. The highest BCUT2D eigenvalue weighted by Gasteiger charge is 2.57. The van der Waals surface area contributed by atoms with E-state index >= 15 is 0 Å². The second-order valence-corrected chi connectivity index (χ2v) is 6.90. The molecule has 2 amide bonds. The van der Waals surface area contributed by atoms with Crippen LogP contribution in [0.1, 0.15) is 31.2 Å². The van der Waals surface area contributed by atoms with E-state index < -0.39 is 11.6 Å². The van der Waals surface area contributed by atoms with E-state index in [1.165, 1.54) is 12.5 Å². The Hall–Kier alpha value is -2.43. The summed E-state index contributed by atoms with van der Waals surface area (Å²) >= 11 is 0. The molecule has 2 fully saturated rings. The predicted molar refractivity (Wildman–Crippen MR) is 92.2 cm³/mol. The number of carbonyl (C=O) groups is 1. The number of benzene rings is 2. The Labute approximate surface area is 145 Å². The lowest BCUT2D eigenvalue weighted by molar-refractivity contribution is -0.0756. The summed E-state index contributed by atoms with van der Waals surface area (Å²) in [5, 5.41) is 2.61. The van der Waals surface area contributed by atoms with E-state index in [1.54, 1.807) is 0 Å². The van der Waals surface area contributed by atoms with Crippen LogP contribution in [0.4, 0.5) is 19.3 Å². The quantitative estimate of drug-likeness (QED) is 0.827. The molecule has 2 aliphatic rings. The standard InChI is InChI=1S/C20H20F2N2O/c21-16-9-10-18(17(22)12-16)23-19(25)24-13-15-8-4-5-11-20(15,24)14-6-2-1-3-7-14/h1-3,6-7,9-10,12,15H,4-5,8,11,13H2,(H,23,25)/t15-,20+/m0/s1. The number of nitrogens with one attached hydrogen (secondary N) is 1. The van der Waals surface area contributed by atoms with Crippen LogP contribution in [0.25, 0.3) is 0 Å². The van der Waals surface area contributed by atoms with Crippen molar-refractivity contribution in [3.63, 3.8) is 0 Å². The van der Waals surface area contributed by atoms with Crippen molar-refractivity contribution in [2.24, 2.45) is 5.92 Å². The second kappa shape index (κ2) is 6.14. The Morgan fingerprint density at radius 2 is 1.92 bits per heavy atom. The summed E-state index contributed by atoms with van der Waals surface area (Å²) in [6.07, 6.45) is 4.27. The third kappa shape index (κ3) is 2.58. The SMILES string of the molecule is O=C(Nc1ccc(F)cc1F)N1C[C@@H]2CCCC[C@@]21c1ccccc1.